The number of nitrogens with one attached hydrogen (secondary N) is 1. The second kappa shape index (κ2) is 8.92. The number of hydrogen-bond donors (Lipinski definition) is 3. The Morgan fingerprint density at radius 3 is 2.80 bits per heavy atom. The van der Waals surface area contributed by atoms with Crippen LogP contribution in [-0.4, -0.2) is 53.5 Å². The highest BCUT2D eigenvalue weighted by Crippen LogP contribution is 2.33. The molecule has 186 valence electrons. The van der Waals surface area contributed by atoms with Crippen LogP contribution >= 0.6 is 11.3 Å². The smallest absolute Gasteiger partial charge is 0.397 e. The molecule has 8 nitrogen and oxygen atoms in total. The number of nitrogen functional groups attached to an aromatic ring is 1. The Morgan fingerprint density at radius 1 is 1.23 bits per heavy atom. The van der Waals surface area contributed by atoms with E-state index in [0.29, 0.717) is 35.6 Å². The van der Waals surface area contributed by atoms with Crippen LogP contribution in [-0.2, 0) is 17.6 Å². The van der Waals surface area contributed by atoms with Crippen LogP contribution in [0.4, 0.5) is 24.7 Å². The lowest BCUT2D eigenvalue weighted by Crippen LogP contribution is -2.39. The van der Waals surface area contributed by atoms with Crippen molar-refractivity contribution in [3.63, 3.8) is 0 Å². The quantitative estimate of drug-likeness (QED) is 0.498. The molecular formula is C23H25F3N6O2S. The second-order valence-corrected chi connectivity index (χ2v) is 10.0. The molecule has 2 aliphatic rings. The Kier molecular flexibility index (Phi) is 6.06. The van der Waals surface area contributed by atoms with Crippen molar-refractivity contribution in [3.8, 4) is 0 Å². The SMILES string of the molecule is Cc1ccc2c(N)c(C(=O)NC3CCc4nc(N5CC(N)C(OC(F)(F)F)C5)ccc4C3)sc2n1. The number of rotatable bonds is 4. The maximum Gasteiger partial charge on any atom is 0.522 e. The van der Waals surface area contributed by atoms with E-state index in [-0.39, 0.29) is 25.0 Å². The van der Waals surface area contributed by atoms with Crippen LogP contribution in [0.5, 0.6) is 0 Å². The third-order valence-electron chi connectivity index (χ3n) is 6.44. The van der Waals surface area contributed by atoms with Crippen LogP contribution in [0.25, 0.3) is 10.2 Å². The molecule has 3 aromatic rings. The van der Waals surface area contributed by atoms with Crippen molar-refractivity contribution in [1.29, 1.82) is 0 Å². The number of carbonyl (C=O) groups is 1. The molecule has 0 bridgehead atoms. The highest BCUT2D eigenvalue weighted by Gasteiger charge is 2.41. The minimum atomic E-state index is -4.73. The highest BCUT2D eigenvalue weighted by molar-refractivity contribution is 7.21. The third kappa shape index (κ3) is 4.91. The zero-order chi connectivity index (χ0) is 24.9. The van der Waals surface area contributed by atoms with E-state index >= 15 is 0 Å². The van der Waals surface area contributed by atoms with Crippen LogP contribution < -0.4 is 21.7 Å². The largest absolute Gasteiger partial charge is 0.522 e. The zero-order valence-corrected chi connectivity index (χ0v) is 19.7. The van der Waals surface area contributed by atoms with Crippen molar-refractivity contribution < 1.29 is 22.7 Å². The first kappa shape index (κ1) is 23.8. The van der Waals surface area contributed by atoms with Gasteiger partial charge in [0.25, 0.3) is 5.91 Å². The number of fused-ring (bicyclic) bond motifs is 2. The van der Waals surface area contributed by atoms with Gasteiger partial charge < -0.3 is 21.7 Å². The Balaban J connectivity index is 1.25. The molecule has 5 N–H and O–H groups in total. The third-order valence-corrected chi connectivity index (χ3v) is 7.56. The van der Waals surface area contributed by atoms with E-state index in [9.17, 15) is 18.0 Å². The normalized spacial score (nSPS) is 22.4. The van der Waals surface area contributed by atoms with Gasteiger partial charge in [0.05, 0.1) is 11.7 Å². The molecule has 1 saturated heterocycles. The summed E-state index contributed by atoms with van der Waals surface area (Å²) in [5.74, 6) is 0.360. The predicted molar refractivity (Wildman–Crippen MR) is 127 cm³/mol. The van der Waals surface area contributed by atoms with Gasteiger partial charge in [-0.1, -0.05) is 6.07 Å². The van der Waals surface area contributed by atoms with Crippen LogP contribution in [0.1, 0.15) is 33.0 Å². The van der Waals surface area contributed by atoms with Crippen molar-refractivity contribution in [2.24, 2.45) is 5.73 Å². The van der Waals surface area contributed by atoms with Crippen LogP contribution in [0.3, 0.4) is 0 Å². The molecule has 1 aliphatic heterocycles. The number of aromatic nitrogens is 2. The number of anilines is 2. The lowest BCUT2D eigenvalue weighted by Gasteiger charge is -2.26. The number of carbonyl (C=O) groups excluding carboxylic acids is 1. The topological polar surface area (TPSA) is 119 Å². The summed E-state index contributed by atoms with van der Waals surface area (Å²) in [7, 11) is 0. The zero-order valence-electron chi connectivity index (χ0n) is 18.9. The summed E-state index contributed by atoms with van der Waals surface area (Å²) < 4.78 is 42.0. The van der Waals surface area contributed by atoms with Crippen LogP contribution in [0.15, 0.2) is 24.3 Å². The van der Waals surface area contributed by atoms with Gasteiger partial charge in [-0.3, -0.25) is 9.53 Å². The first-order valence-electron chi connectivity index (χ1n) is 11.3. The molecule has 1 aliphatic carbocycles. The average molecular weight is 507 g/mol. The van der Waals surface area contributed by atoms with Crippen molar-refractivity contribution in [3.05, 3.63) is 46.1 Å². The van der Waals surface area contributed by atoms with Crippen molar-refractivity contribution in [1.82, 2.24) is 15.3 Å². The molecule has 1 fully saturated rings. The van der Waals surface area contributed by atoms with E-state index in [2.05, 4.69) is 20.0 Å². The van der Waals surface area contributed by atoms with Crippen molar-refractivity contribution in [2.45, 2.75) is 50.7 Å². The van der Waals surface area contributed by atoms with Crippen LogP contribution in [0, 0.1) is 6.92 Å². The Hall–Kier alpha value is -2.96. The van der Waals surface area contributed by atoms with Crippen molar-refractivity contribution in [2.75, 3.05) is 23.7 Å². The predicted octanol–water partition coefficient (Wildman–Crippen LogP) is 2.92. The summed E-state index contributed by atoms with van der Waals surface area (Å²) in [6, 6.07) is 6.61. The number of pyridine rings is 2. The summed E-state index contributed by atoms with van der Waals surface area (Å²) >= 11 is 1.28. The fraction of sp³-hybridized carbons (Fsp3) is 0.435. The van der Waals surface area contributed by atoms with Gasteiger partial charge in [-0.25, -0.2) is 9.97 Å². The minimum absolute atomic E-state index is 0.0239. The number of aryl methyl sites for hydroxylation is 2. The van der Waals surface area contributed by atoms with E-state index in [0.717, 1.165) is 27.2 Å². The Morgan fingerprint density at radius 2 is 2.03 bits per heavy atom. The molecule has 0 aromatic carbocycles. The fourth-order valence-electron chi connectivity index (χ4n) is 4.69. The number of nitrogens with two attached hydrogens (primary N) is 2. The number of amides is 1. The fourth-order valence-corrected chi connectivity index (χ4v) is 5.73. The number of halogens is 3. The first-order valence-corrected chi connectivity index (χ1v) is 12.1. The van der Waals surface area contributed by atoms with E-state index in [1.807, 2.05) is 25.1 Å². The van der Waals surface area contributed by atoms with Crippen LogP contribution in [0.2, 0.25) is 0 Å². The van der Waals surface area contributed by atoms with Gasteiger partial charge in [0.2, 0.25) is 0 Å². The molecule has 3 atom stereocenters. The molecule has 3 aromatic heterocycles. The number of ether oxygens (including phenoxy) is 1. The maximum atomic E-state index is 13.0. The molecular weight excluding hydrogens is 481 g/mol. The summed E-state index contributed by atoms with van der Waals surface area (Å²) in [6.45, 7) is 2.15. The first-order chi connectivity index (χ1) is 16.6. The highest BCUT2D eigenvalue weighted by atomic mass is 32.1. The molecule has 5 rings (SSSR count). The van der Waals surface area contributed by atoms with E-state index < -0.39 is 18.5 Å². The van der Waals surface area contributed by atoms with E-state index in [1.165, 1.54) is 11.3 Å². The summed E-state index contributed by atoms with van der Waals surface area (Å²) in [5, 5.41) is 3.86. The number of thiophene rings is 1. The molecule has 0 spiro atoms. The lowest BCUT2D eigenvalue weighted by atomic mass is 9.91. The summed E-state index contributed by atoms with van der Waals surface area (Å²) in [6.07, 6.45) is -3.92. The monoisotopic (exact) mass is 506 g/mol. The summed E-state index contributed by atoms with van der Waals surface area (Å²) in [5.41, 5.74) is 15.3. The van der Waals surface area contributed by atoms with Gasteiger partial charge in [0.15, 0.2) is 0 Å². The number of alkyl halides is 3. The Labute approximate surface area is 203 Å². The number of nitrogens with zero attached hydrogens (tertiary/aromatic N) is 3. The molecule has 35 heavy (non-hydrogen) atoms. The van der Waals surface area contributed by atoms with Gasteiger partial charge in [0.1, 0.15) is 21.6 Å². The van der Waals surface area contributed by atoms with Gasteiger partial charge in [-0.2, -0.15) is 0 Å². The molecule has 12 heteroatoms. The van der Waals surface area contributed by atoms with Crippen molar-refractivity contribution >= 4 is 39.0 Å². The van der Waals surface area contributed by atoms with Gasteiger partial charge in [-0.05, 0) is 49.9 Å². The molecule has 0 saturated carbocycles. The molecule has 3 unspecified atom stereocenters. The molecule has 1 amide bonds. The minimum Gasteiger partial charge on any atom is -0.397 e. The Bertz CT molecular complexity index is 1280. The maximum absolute atomic E-state index is 13.0. The standard InChI is InChI=1S/C23H25F3N6O2S/c1-11-2-5-14-19(28)20(35-22(14)29-11)21(33)30-13-4-6-16-12(8-13)3-7-18(31-16)32-9-15(27)17(10-32)34-23(24,25)26/h2-3,5,7,13,15,17H,4,6,8-10,27-28H2,1H3,(H,30,33). The van der Waals surface area contributed by atoms with E-state index in [4.69, 9.17) is 11.5 Å². The van der Waals surface area contributed by atoms with Gasteiger partial charge in [-0.15, -0.1) is 24.5 Å². The number of hydrogen-bond acceptors (Lipinski definition) is 8. The summed E-state index contributed by atoms with van der Waals surface area (Å²) in [4.78, 5) is 25.0. The molecule has 0 radical (unpaired) electrons. The van der Waals surface area contributed by atoms with Gasteiger partial charge in [0, 0.05) is 35.9 Å². The average Bonchev–Trinajstić information content (AvgIpc) is 3.31. The van der Waals surface area contributed by atoms with E-state index in [1.54, 1.807) is 11.0 Å². The molecule has 4 heterocycles. The second-order valence-electron chi connectivity index (χ2n) is 9.01. The van der Waals surface area contributed by atoms with Gasteiger partial charge >= 0.3 is 6.36 Å². The lowest BCUT2D eigenvalue weighted by molar-refractivity contribution is -0.341.